The summed E-state index contributed by atoms with van der Waals surface area (Å²) in [6.07, 6.45) is 1.94. The molecule has 0 aliphatic carbocycles. The number of aromatic amines is 1. The summed E-state index contributed by atoms with van der Waals surface area (Å²) < 4.78 is 0. The molecule has 15 heavy (non-hydrogen) atoms. The number of hydrogen-bond acceptors (Lipinski definition) is 6. The first kappa shape index (κ1) is 9.50. The minimum Gasteiger partial charge on any atom is -0.383 e. The third-order valence-corrected chi connectivity index (χ3v) is 1.94. The van der Waals surface area contributed by atoms with Gasteiger partial charge >= 0.3 is 0 Å². The smallest absolute Gasteiger partial charge is 0.218 e. The topological polar surface area (TPSA) is 88.4 Å². The first-order valence-corrected chi connectivity index (χ1v) is 4.45. The van der Waals surface area contributed by atoms with Crippen molar-refractivity contribution in [2.24, 2.45) is 10.1 Å². The molecule has 0 amide bonds. The van der Waals surface area contributed by atoms with E-state index in [1.807, 2.05) is 6.92 Å². The van der Waals surface area contributed by atoms with Crippen molar-refractivity contribution in [3.05, 3.63) is 18.1 Å². The molecule has 7 nitrogen and oxygen atoms in total. The second-order valence-electron chi connectivity index (χ2n) is 2.94. The van der Waals surface area contributed by atoms with Crippen LogP contribution in [0.5, 0.6) is 0 Å². The molecular formula is C8H10N6O. The highest BCUT2D eigenvalue weighted by Crippen LogP contribution is 2.26. The summed E-state index contributed by atoms with van der Waals surface area (Å²) in [4.78, 5) is 9.17. The maximum absolute atomic E-state index is 5.15. The maximum atomic E-state index is 5.15. The molecule has 0 aromatic carbocycles. The predicted molar refractivity (Wildman–Crippen MR) is 53.4 cm³/mol. The van der Waals surface area contributed by atoms with Gasteiger partial charge in [0.2, 0.25) is 5.82 Å². The van der Waals surface area contributed by atoms with E-state index in [0.717, 1.165) is 0 Å². The minimum atomic E-state index is -0.289. The summed E-state index contributed by atoms with van der Waals surface area (Å²) in [7, 11) is 0. The lowest BCUT2D eigenvalue weighted by atomic mass is 10.1. The van der Waals surface area contributed by atoms with Crippen molar-refractivity contribution in [1.82, 2.24) is 20.6 Å². The largest absolute Gasteiger partial charge is 0.383 e. The fourth-order valence-corrected chi connectivity index (χ4v) is 1.22. The van der Waals surface area contributed by atoms with Gasteiger partial charge in [-0.05, 0) is 6.92 Å². The number of tetrazole rings is 1. The lowest BCUT2D eigenvalue weighted by molar-refractivity contribution is 0.0791. The quantitative estimate of drug-likeness (QED) is 0.734. The van der Waals surface area contributed by atoms with Crippen molar-refractivity contribution in [3.63, 3.8) is 0 Å². The first-order valence-electron chi connectivity index (χ1n) is 4.45. The fourth-order valence-electron chi connectivity index (χ4n) is 1.22. The molecule has 1 N–H and O–H groups in total. The van der Waals surface area contributed by atoms with Crippen LogP contribution in [0.4, 0.5) is 0 Å². The van der Waals surface area contributed by atoms with Crippen LogP contribution in [0.1, 0.15) is 25.3 Å². The Balaban J connectivity index is 2.02. The van der Waals surface area contributed by atoms with Gasteiger partial charge in [-0.15, -0.1) is 10.2 Å². The van der Waals surface area contributed by atoms with Gasteiger partial charge in [-0.1, -0.05) is 16.9 Å². The fraction of sp³-hybridized carbons (Fsp3) is 0.375. The van der Waals surface area contributed by atoms with Gasteiger partial charge in [-0.25, -0.2) is 0 Å². The van der Waals surface area contributed by atoms with Crippen molar-refractivity contribution >= 4 is 11.9 Å². The summed E-state index contributed by atoms with van der Waals surface area (Å²) in [5, 5.41) is 17.3. The van der Waals surface area contributed by atoms with Crippen LogP contribution in [0, 0.1) is 0 Å². The average molecular weight is 206 g/mol. The molecule has 1 unspecified atom stereocenters. The Morgan fingerprint density at radius 2 is 2.60 bits per heavy atom. The molecule has 0 spiro atoms. The highest BCUT2D eigenvalue weighted by molar-refractivity contribution is 6.00. The second-order valence-corrected chi connectivity index (χ2v) is 2.94. The van der Waals surface area contributed by atoms with Crippen molar-refractivity contribution in [1.29, 1.82) is 0 Å². The highest BCUT2D eigenvalue weighted by Gasteiger charge is 2.27. The average Bonchev–Trinajstić information content (AvgIpc) is 2.89. The molecule has 1 aliphatic rings. The lowest BCUT2D eigenvalue weighted by Gasteiger charge is -2.00. The molecule has 2 heterocycles. The van der Waals surface area contributed by atoms with Crippen LogP contribution >= 0.6 is 0 Å². The van der Waals surface area contributed by atoms with Crippen molar-refractivity contribution in [2.45, 2.75) is 19.4 Å². The zero-order chi connectivity index (χ0) is 10.7. The van der Waals surface area contributed by atoms with Gasteiger partial charge in [-0.2, -0.15) is 5.21 Å². The molecule has 0 fully saturated rings. The molecule has 2 rings (SSSR count). The minimum absolute atomic E-state index is 0.289. The van der Waals surface area contributed by atoms with E-state index in [0.29, 0.717) is 23.7 Å². The molecule has 1 aromatic heterocycles. The third-order valence-electron chi connectivity index (χ3n) is 1.94. The van der Waals surface area contributed by atoms with E-state index in [1.54, 1.807) is 6.21 Å². The Morgan fingerprint density at radius 3 is 3.27 bits per heavy atom. The summed E-state index contributed by atoms with van der Waals surface area (Å²) in [5.74, 6) is 0.488. The van der Waals surface area contributed by atoms with Crippen molar-refractivity contribution < 1.29 is 4.84 Å². The second kappa shape index (κ2) is 3.99. The van der Waals surface area contributed by atoms with Crippen LogP contribution < -0.4 is 0 Å². The molecule has 0 saturated carbocycles. The van der Waals surface area contributed by atoms with Crippen LogP contribution in [-0.2, 0) is 4.84 Å². The molecule has 0 radical (unpaired) electrons. The van der Waals surface area contributed by atoms with Crippen LogP contribution in [0.25, 0.3) is 0 Å². The summed E-state index contributed by atoms with van der Waals surface area (Å²) >= 11 is 0. The molecule has 1 atom stereocenters. The Labute approximate surface area is 85.9 Å². The number of H-pyrrole nitrogens is 1. The predicted octanol–water partition coefficient (Wildman–Crippen LogP) is 0.621. The van der Waals surface area contributed by atoms with Crippen molar-refractivity contribution in [3.8, 4) is 0 Å². The Morgan fingerprint density at radius 1 is 1.73 bits per heavy atom. The van der Waals surface area contributed by atoms with Gasteiger partial charge < -0.3 is 4.84 Å². The lowest BCUT2D eigenvalue weighted by Crippen LogP contribution is -2.03. The van der Waals surface area contributed by atoms with Crippen molar-refractivity contribution in [2.75, 3.05) is 0 Å². The van der Waals surface area contributed by atoms with Gasteiger partial charge in [0.15, 0.2) is 6.10 Å². The van der Waals surface area contributed by atoms with Gasteiger partial charge in [0.25, 0.3) is 0 Å². The number of nitrogens with zero attached hydrogens (tertiary/aromatic N) is 5. The van der Waals surface area contributed by atoms with Crippen LogP contribution in [0.2, 0.25) is 0 Å². The SMILES string of the molecule is C=C(N=CC)C1=NOC(c2nn[nH]n2)C1. The van der Waals surface area contributed by atoms with Crippen LogP contribution in [-0.4, -0.2) is 32.6 Å². The summed E-state index contributed by atoms with van der Waals surface area (Å²) in [5.41, 5.74) is 1.31. The molecule has 7 heteroatoms. The highest BCUT2D eigenvalue weighted by atomic mass is 16.6. The molecule has 1 aromatic rings. The van der Waals surface area contributed by atoms with E-state index < -0.39 is 0 Å². The monoisotopic (exact) mass is 206 g/mol. The number of nitrogens with one attached hydrogen (secondary N) is 1. The van der Waals surface area contributed by atoms with Gasteiger partial charge in [0.1, 0.15) is 5.71 Å². The van der Waals surface area contributed by atoms with Crippen LogP contribution in [0.15, 0.2) is 22.4 Å². The normalized spacial score (nSPS) is 20.3. The van der Waals surface area contributed by atoms with E-state index in [-0.39, 0.29) is 6.10 Å². The number of allylic oxidation sites excluding steroid dienone is 1. The summed E-state index contributed by atoms with van der Waals surface area (Å²) in [6, 6.07) is 0. The van der Waals surface area contributed by atoms with Crippen LogP contribution in [0.3, 0.4) is 0 Å². The first-order chi connectivity index (χ1) is 7.31. The number of oxime groups is 1. The zero-order valence-electron chi connectivity index (χ0n) is 8.21. The van der Waals surface area contributed by atoms with E-state index in [4.69, 9.17) is 4.84 Å². The van der Waals surface area contributed by atoms with Gasteiger partial charge in [-0.3, -0.25) is 4.99 Å². The number of aromatic nitrogens is 4. The molecule has 0 saturated heterocycles. The Kier molecular flexibility index (Phi) is 2.53. The Bertz CT molecular complexity index is 407. The van der Waals surface area contributed by atoms with E-state index >= 15 is 0 Å². The zero-order valence-corrected chi connectivity index (χ0v) is 8.21. The number of hydrogen-bond donors (Lipinski definition) is 1. The summed E-state index contributed by atoms with van der Waals surface area (Å²) in [6.45, 7) is 5.59. The Hall–Kier alpha value is -2.05. The third kappa shape index (κ3) is 1.90. The standard InChI is InChI=1S/C8H10N6O/c1-3-9-5(2)6-4-7(15-12-6)8-10-13-14-11-8/h3,7H,2,4H2,1H3,(H,10,11,13,14). The number of aliphatic imine (C=N–C) groups is 1. The van der Waals surface area contributed by atoms with E-state index in [1.165, 1.54) is 0 Å². The molecule has 1 aliphatic heterocycles. The van der Waals surface area contributed by atoms with Gasteiger partial charge in [0.05, 0.1) is 5.70 Å². The van der Waals surface area contributed by atoms with Gasteiger partial charge in [0, 0.05) is 12.6 Å². The molecule has 78 valence electrons. The molecule has 0 bridgehead atoms. The molecular weight excluding hydrogens is 196 g/mol. The maximum Gasteiger partial charge on any atom is 0.218 e. The van der Waals surface area contributed by atoms with E-state index in [9.17, 15) is 0 Å². The van der Waals surface area contributed by atoms with E-state index in [2.05, 4.69) is 37.4 Å². The number of rotatable bonds is 3.